The van der Waals surface area contributed by atoms with Gasteiger partial charge in [0.05, 0.1) is 12.3 Å². The van der Waals surface area contributed by atoms with Crippen molar-refractivity contribution in [3.8, 4) is 5.69 Å². The van der Waals surface area contributed by atoms with E-state index in [9.17, 15) is 4.79 Å². The number of hydrogen-bond donors (Lipinski definition) is 1. The Balaban J connectivity index is 2.18. The number of carbonyl (C=O) groups excluding carboxylic acids is 1. The van der Waals surface area contributed by atoms with Crippen molar-refractivity contribution in [1.29, 1.82) is 0 Å². The number of anilines is 1. The quantitative estimate of drug-likeness (QED) is 0.669. The SMILES string of the molecule is CCCCOC(=O)c1nnn(-c2ccc(Br)cc2)c1N. The van der Waals surface area contributed by atoms with Crippen LogP contribution in [0.4, 0.5) is 5.82 Å². The molecular formula is C13H15BrN4O2. The highest BCUT2D eigenvalue weighted by molar-refractivity contribution is 9.10. The molecule has 1 heterocycles. The lowest BCUT2D eigenvalue weighted by Crippen LogP contribution is -2.10. The van der Waals surface area contributed by atoms with Gasteiger partial charge in [-0.3, -0.25) is 0 Å². The molecule has 0 bridgehead atoms. The van der Waals surface area contributed by atoms with Crippen LogP contribution in [0.5, 0.6) is 0 Å². The number of hydrogen-bond acceptors (Lipinski definition) is 5. The van der Waals surface area contributed by atoms with Gasteiger partial charge in [-0.15, -0.1) is 5.10 Å². The average Bonchev–Trinajstić information content (AvgIpc) is 2.82. The van der Waals surface area contributed by atoms with Crippen LogP contribution in [-0.2, 0) is 4.74 Å². The predicted octanol–water partition coefficient (Wildman–Crippen LogP) is 2.57. The largest absolute Gasteiger partial charge is 0.461 e. The second-order valence-corrected chi connectivity index (χ2v) is 5.12. The maximum absolute atomic E-state index is 11.8. The van der Waals surface area contributed by atoms with E-state index < -0.39 is 5.97 Å². The first-order valence-corrected chi connectivity index (χ1v) is 7.07. The van der Waals surface area contributed by atoms with E-state index in [-0.39, 0.29) is 11.5 Å². The van der Waals surface area contributed by atoms with Crippen molar-refractivity contribution in [2.24, 2.45) is 0 Å². The zero-order valence-electron chi connectivity index (χ0n) is 11.0. The van der Waals surface area contributed by atoms with Gasteiger partial charge in [-0.1, -0.05) is 34.5 Å². The van der Waals surface area contributed by atoms with Crippen molar-refractivity contribution < 1.29 is 9.53 Å². The lowest BCUT2D eigenvalue weighted by molar-refractivity contribution is 0.0494. The van der Waals surface area contributed by atoms with Crippen molar-refractivity contribution in [1.82, 2.24) is 15.0 Å². The van der Waals surface area contributed by atoms with Crippen LogP contribution in [0.3, 0.4) is 0 Å². The lowest BCUT2D eigenvalue weighted by atomic mass is 10.3. The van der Waals surface area contributed by atoms with Crippen molar-refractivity contribution >= 4 is 27.7 Å². The van der Waals surface area contributed by atoms with E-state index in [1.807, 2.05) is 31.2 Å². The summed E-state index contributed by atoms with van der Waals surface area (Å²) in [7, 11) is 0. The number of ether oxygens (including phenoxy) is 1. The number of esters is 1. The van der Waals surface area contributed by atoms with Crippen molar-refractivity contribution in [2.75, 3.05) is 12.3 Å². The van der Waals surface area contributed by atoms with Crippen molar-refractivity contribution in [2.45, 2.75) is 19.8 Å². The second kappa shape index (κ2) is 6.51. The molecule has 106 valence electrons. The molecule has 0 aliphatic carbocycles. The third kappa shape index (κ3) is 3.16. The Bertz CT molecular complexity index is 595. The van der Waals surface area contributed by atoms with Gasteiger partial charge in [0.15, 0.2) is 5.82 Å². The summed E-state index contributed by atoms with van der Waals surface area (Å²) in [6, 6.07) is 7.36. The average molecular weight is 339 g/mol. The first-order chi connectivity index (χ1) is 9.63. The Morgan fingerprint density at radius 3 is 2.75 bits per heavy atom. The Hall–Kier alpha value is -1.89. The Morgan fingerprint density at radius 2 is 2.10 bits per heavy atom. The summed E-state index contributed by atoms with van der Waals surface area (Å²) in [5, 5.41) is 7.69. The molecule has 0 aliphatic rings. The molecule has 0 unspecified atom stereocenters. The number of unbranched alkanes of at least 4 members (excludes halogenated alkanes) is 1. The summed E-state index contributed by atoms with van der Waals surface area (Å²) in [6.07, 6.45) is 1.76. The maximum atomic E-state index is 11.8. The number of halogens is 1. The van der Waals surface area contributed by atoms with E-state index in [0.717, 1.165) is 23.0 Å². The van der Waals surface area contributed by atoms with Crippen LogP contribution in [0.25, 0.3) is 5.69 Å². The first kappa shape index (κ1) is 14.5. The molecule has 0 saturated heterocycles. The summed E-state index contributed by atoms with van der Waals surface area (Å²) in [5.41, 5.74) is 6.68. The van der Waals surface area contributed by atoms with Crippen LogP contribution in [0.1, 0.15) is 30.3 Å². The molecule has 0 fully saturated rings. The number of rotatable bonds is 5. The predicted molar refractivity (Wildman–Crippen MR) is 78.7 cm³/mol. The molecule has 0 aliphatic heterocycles. The van der Waals surface area contributed by atoms with Crippen LogP contribution in [0.15, 0.2) is 28.7 Å². The van der Waals surface area contributed by atoms with Gasteiger partial charge in [0.2, 0.25) is 5.69 Å². The van der Waals surface area contributed by atoms with Crippen molar-refractivity contribution in [3.63, 3.8) is 0 Å². The molecule has 2 aromatic rings. The first-order valence-electron chi connectivity index (χ1n) is 6.27. The van der Waals surface area contributed by atoms with Gasteiger partial charge < -0.3 is 10.5 Å². The molecule has 0 amide bonds. The standard InChI is InChI=1S/C13H15BrN4O2/c1-2-3-8-20-13(19)11-12(15)18(17-16-11)10-6-4-9(14)5-7-10/h4-7H,2-3,8,15H2,1H3. The Labute approximate surface area is 125 Å². The van der Waals surface area contributed by atoms with E-state index in [4.69, 9.17) is 10.5 Å². The Morgan fingerprint density at radius 1 is 1.40 bits per heavy atom. The molecule has 0 saturated carbocycles. The summed E-state index contributed by atoms with van der Waals surface area (Å²) in [6.45, 7) is 2.38. The number of aromatic nitrogens is 3. The minimum absolute atomic E-state index is 0.0454. The van der Waals surface area contributed by atoms with Gasteiger partial charge in [0.1, 0.15) is 0 Å². The fraction of sp³-hybridized carbons (Fsp3) is 0.308. The van der Waals surface area contributed by atoms with Crippen LogP contribution in [0.2, 0.25) is 0 Å². The van der Waals surface area contributed by atoms with E-state index in [1.54, 1.807) is 0 Å². The zero-order valence-corrected chi connectivity index (χ0v) is 12.6. The number of nitrogens with zero attached hydrogens (tertiary/aromatic N) is 3. The minimum Gasteiger partial charge on any atom is -0.461 e. The van der Waals surface area contributed by atoms with Crippen LogP contribution < -0.4 is 5.73 Å². The van der Waals surface area contributed by atoms with Crippen LogP contribution in [0, 0.1) is 0 Å². The molecule has 6 nitrogen and oxygen atoms in total. The smallest absolute Gasteiger partial charge is 0.362 e. The van der Waals surface area contributed by atoms with Gasteiger partial charge in [-0.2, -0.15) is 4.68 Å². The van der Waals surface area contributed by atoms with Gasteiger partial charge in [0, 0.05) is 4.47 Å². The van der Waals surface area contributed by atoms with Crippen LogP contribution in [-0.4, -0.2) is 27.6 Å². The molecule has 0 spiro atoms. The summed E-state index contributed by atoms with van der Waals surface area (Å²) in [4.78, 5) is 11.8. The molecule has 0 radical (unpaired) electrons. The molecule has 0 atom stereocenters. The van der Waals surface area contributed by atoms with Crippen LogP contribution >= 0.6 is 15.9 Å². The number of benzene rings is 1. The van der Waals surface area contributed by atoms with Gasteiger partial charge in [-0.25, -0.2) is 4.79 Å². The Kier molecular flexibility index (Phi) is 4.73. The number of nitrogens with two attached hydrogens (primary N) is 1. The molecule has 1 aromatic heterocycles. The van der Waals surface area contributed by atoms with Gasteiger partial charge in [0.25, 0.3) is 0 Å². The summed E-state index contributed by atoms with van der Waals surface area (Å²) < 4.78 is 7.42. The molecule has 1 aromatic carbocycles. The third-order valence-electron chi connectivity index (χ3n) is 2.70. The highest BCUT2D eigenvalue weighted by atomic mass is 79.9. The molecule has 2 rings (SSSR count). The van der Waals surface area contributed by atoms with Gasteiger partial charge >= 0.3 is 5.97 Å². The zero-order chi connectivity index (χ0) is 14.5. The summed E-state index contributed by atoms with van der Waals surface area (Å²) >= 11 is 3.35. The van der Waals surface area contributed by atoms with E-state index in [2.05, 4.69) is 26.2 Å². The molecule has 2 N–H and O–H groups in total. The summed E-state index contributed by atoms with van der Waals surface area (Å²) in [5.74, 6) is -0.367. The van der Waals surface area contributed by atoms with E-state index >= 15 is 0 Å². The molecule has 20 heavy (non-hydrogen) atoms. The fourth-order valence-corrected chi connectivity index (χ4v) is 1.85. The minimum atomic E-state index is -0.542. The topological polar surface area (TPSA) is 83.0 Å². The number of nitrogen functional groups attached to an aromatic ring is 1. The molecular weight excluding hydrogens is 324 g/mol. The fourth-order valence-electron chi connectivity index (χ4n) is 1.59. The molecule has 7 heteroatoms. The second-order valence-electron chi connectivity index (χ2n) is 4.20. The highest BCUT2D eigenvalue weighted by Crippen LogP contribution is 2.18. The van der Waals surface area contributed by atoms with E-state index in [1.165, 1.54) is 4.68 Å². The number of carbonyl (C=O) groups is 1. The maximum Gasteiger partial charge on any atom is 0.362 e. The normalized spacial score (nSPS) is 10.5. The van der Waals surface area contributed by atoms with E-state index in [0.29, 0.717) is 6.61 Å². The monoisotopic (exact) mass is 338 g/mol. The highest BCUT2D eigenvalue weighted by Gasteiger charge is 2.19. The van der Waals surface area contributed by atoms with Gasteiger partial charge in [-0.05, 0) is 30.7 Å². The van der Waals surface area contributed by atoms with Crippen molar-refractivity contribution in [3.05, 3.63) is 34.4 Å². The third-order valence-corrected chi connectivity index (χ3v) is 3.23. The lowest BCUT2D eigenvalue weighted by Gasteiger charge is -2.04.